The first kappa shape index (κ1) is 22.6. The Morgan fingerprint density at radius 1 is 1.00 bits per heavy atom. The number of hydrogen-bond donors (Lipinski definition) is 1. The molecule has 0 spiro atoms. The summed E-state index contributed by atoms with van der Waals surface area (Å²) in [6.45, 7) is 3.70. The second-order valence-electron chi connectivity index (χ2n) is 7.83. The zero-order valence-electron chi connectivity index (χ0n) is 18.0. The van der Waals surface area contributed by atoms with Crippen molar-refractivity contribution in [3.63, 3.8) is 0 Å². The first-order valence-electron chi connectivity index (χ1n) is 10.2. The Hall–Kier alpha value is -3.58. The number of halogens is 2. The summed E-state index contributed by atoms with van der Waals surface area (Å²) in [6, 6.07) is 16.3. The van der Waals surface area contributed by atoms with Gasteiger partial charge in [0.1, 0.15) is 11.4 Å². The van der Waals surface area contributed by atoms with E-state index in [9.17, 15) is 18.8 Å². The van der Waals surface area contributed by atoms with Crippen LogP contribution in [0.15, 0.2) is 70.7 Å². The molecule has 4 rings (SSSR count). The molecule has 0 atom stereocenters. The third-order valence-electron chi connectivity index (χ3n) is 5.59. The Bertz CT molecular complexity index is 1330. The first-order chi connectivity index (χ1) is 15.7. The van der Waals surface area contributed by atoms with Crippen molar-refractivity contribution in [2.75, 3.05) is 4.90 Å². The number of anilines is 1. The standard InChI is InChI=1S/C26H20BrFN2O3/c1-15-5-3-8-23(16(15)2)30-25(32)21(24(31)29-26(30)33)13-18-9-10-19(22(27)14-18)11-17-6-4-7-20(28)12-17/h3-10,12-14H,11H2,1-2H3,(H,29,31,33)/b21-13+. The van der Waals surface area contributed by atoms with E-state index in [4.69, 9.17) is 0 Å². The lowest BCUT2D eigenvalue weighted by Gasteiger charge is -2.28. The highest BCUT2D eigenvalue weighted by molar-refractivity contribution is 9.10. The van der Waals surface area contributed by atoms with Crippen molar-refractivity contribution in [1.82, 2.24) is 5.32 Å². The van der Waals surface area contributed by atoms with E-state index in [1.165, 1.54) is 18.2 Å². The number of hydrogen-bond acceptors (Lipinski definition) is 3. The molecule has 1 fully saturated rings. The van der Waals surface area contributed by atoms with Gasteiger partial charge in [-0.25, -0.2) is 14.1 Å². The summed E-state index contributed by atoms with van der Waals surface area (Å²) in [5.41, 5.74) is 4.36. The maximum atomic E-state index is 13.5. The molecule has 0 unspecified atom stereocenters. The molecule has 0 saturated carbocycles. The van der Waals surface area contributed by atoms with Gasteiger partial charge in [-0.3, -0.25) is 14.9 Å². The third kappa shape index (κ3) is 4.64. The monoisotopic (exact) mass is 506 g/mol. The van der Waals surface area contributed by atoms with Crippen LogP contribution in [0, 0.1) is 19.7 Å². The summed E-state index contributed by atoms with van der Waals surface area (Å²) < 4.78 is 14.2. The van der Waals surface area contributed by atoms with Crippen molar-refractivity contribution in [2.24, 2.45) is 0 Å². The minimum atomic E-state index is -0.775. The number of barbiturate groups is 1. The van der Waals surface area contributed by atoms with Crippen LogP contribution >= 0.6 is 15.9 Å². The van der Waals surface area contributed by atoms with Gasteiger partial charge in [0.2, 0.25) is 0 Å². The van der Waals surface area contributed by atoms with Crippen LogP contribution in [0.2, 0.25) is 0 Å². The van der Waals surface area contributed by atoms with Gasteiger partial charge in [0.15, 0.2) is 0 Å². The smallest absolute Gasteiger partial charge is 0.273 e. The predicted molar refractivity (Wildman–Crippen MR) is 128 cm³/mol. The van der Waals surface area contributed by atoms with E-state index in [0.29, 0.717) is 17.7 Å². The zero-order valence-corrected chi connectivity index (χ0v) is 19.6. The fourth-order valence-corrected chi connectivity index (χ4v) is 4.22. The van der Waals surface area contributed by atoms with Crippen molar-refractivity contribution in [2.45, 2.75) is 20.3 Å². The topological polar surface area (TPSA) is 66.5 Å². The number of aryl methyl sites for hydroxylation is 1. The second-order valence-corrected chi connectivity index (χ2v) is 8.69. The molecule has 3 aromatic rings. The second kappa shape index (κ2) is 9.11. The molecule has 0 radical (unpaired) electrons. The molecule has 33 heavy (non-hydrogen) atoms. The molecule has 0 aromatic heterocycles. The number of nitrogens with zero attached hydrogens (tertiary/aromatic N) is 1. The van der Waals surface area contributed by atoms with Crippen LogP contribution in [0.4, 0.5) is 14.9 Å². The number of carbonyl (C=O) groups excluding carboxylic acids is 3. The minimum Gasteiger partial charge on any atom is -0.273 e. The Morgan fingerprint density at radius 2 is 1.76 bits per heavy atom. The Balaban J connectivity index is 1.65. The SMILES string of the molecule is Cc1cccc(N2C(=O)NC(=O)/C(=C\c3ccc(Cc4cccc(F)c4)c(Br)c3)C2=O)c1C. The number of carbonyl (C=O) groups is 3. The van der Waals surface area contributed by atoms with E-state index in [1.807, 2.05) is 32.0 Å². The Morgan fingerprint density at radius 3 is 2.48 bits per heavy atom. The highest BCUT2D eigenvalue weighted by Crippen LogP contribution is 2.28. The van der Waals surface area contributed by atoms with Crippen molar-refractivity contribution in [1.29, 1.82) is 0 Å². The van der Waals surface area contributed by atoms with Crippen molar-refractivity contribution < 1.29 is 18.8 Å². The molecule has 0 aliphatic carbocycles. The van der Waals surface area contributed by atoms with E-state index in [1.54, 1.807) is 30.3 Å². The number of rotatable bonds is 4. The van der Waals surface area contributed by atoms with E-state index >= 15 is 0 Å². The number of imide groups is 2. The van der Waals surface area contributed by atoms with Gasteiger partial charge in [0, 0.05) is 4.47 Å². The first-order valence-corrected chi connectivity index (χ1v) is 11.0. The summed E-state index contributed by atoms with van der Waals surface area (Å²) in [5.74, 6) is -1.72. The van der Waals surface area contributed by atoms with Crippen LogP contribution in [0.25, 0.3) is 6.08 Å². The molecular weight excluding hydrogens is 487 g/mol. The molecule has 1 heterocycles. The van der Waals surface area contributed by atoms with Crippen LogP contribution < -0.4 is 10.2 Å². The molecule has 3 aromatic carbocycles. The maximum Gasteiger partial charge on any atom is 0.335 e. The largest absolute Gasteiger partial charge is 0.335 e. The van der Waals surface area contributed by atoms with Crippen LogP contribution in [-0.4, -0.2) is 17.8 Å². The predicted octanol–water partition coefficient (Wildman–Crippen LogP) is 5.46. The minimum absolute atomic E-state index is 0.139. The fourth-order valence-electron chi connectivity index (χ4n) is 3.68. The van der Waals surface area contributed by atoms with Crippen LogP contribution in [0.5, 0.6) is 0 Å². The lowest BCUT2D eigenvalue weighted by Crippen LogP contribution is -2.54. The number of urea groups is 1. The van der Waals surface area contributed by atoms with Gasteiger partial charge in [-0.1, -0.05) is 52.3 Å². The molecule has 7 heteroatoms. The van der Waals surface area contributed by atoms with Crippen molar-refractivity contribution in [3.05, 3.63) is 104 Å². The molecule has 1 aliphatic rings. The zero-order chi connectivity index (χ0) is 23.7. The van der Waals surface area contributed by atoms with E-state index in [2.05, 4.69) is 21.2 Å². The summed E-state index contributed by atoms with van der Waals surface area (Å²) in [4.78, 5) is 39.1. The van der Waals surface area contributed by atoms with Gasteiger partial charge in [0.05, 0.1) is 5.69 Å². The summed E-state index contributed by atoms with van der Waals surface area (Å²) >= 11 is 3.52. The third-order valence-corrected chi connectivity index (χ3v) is 6.33. The normalized spacial score (nSPS) is 15.2. The molecule has 1 N–H and O–H groups in total. The molecule has 166 valence electrons. The summed E-state index contributed by atoms with van der Waals surface area (Å²) in [5, 5.41) is 2.25. The van der Waals surface area contributed by atoms with Crippen molar-refractivity contribution >= 4 is 45.5 Å². The van der Waals surface area contributed by atoms with Gasteiger partial charge < -0.3 is 0 Å². The Labute approximate surface area is 199 Å². The number of amides is 4. The highest BCUT2D eigenvalue weighted by atomic mass is 79.9. The highest BCUT2D eigenvalue weighted by Gasteiger charge is 2.37. The van der Waals surface area contributed by atoms with Crippen molar-refractivity contribution in [3.8, 4) is 0 Å². The van der Waals surface area contributed by atoms with E-state index < -0.39 is 17.8 Å². The van der Waals surface area contributed by atoms with Crippen LogP contribution in [-0.2, 0) is 16.0 Å². The molecule has 4 amide bonds. The van der Waals surface area contributed by atoms with E-state index in [-0.39, 0.29) is 11.4 Å². The fraction of sp³-hybridized carbons (Fsp3) is 0.115. The van der Waals surface area contributed by atoms with Crippen LogP contribution in [0.1, 0.15) is 27.8 Å². The van der Waals surface area contributed by atoms with Gasteiger partial charge >= 0.3 is 6.03 Å². The molecular formula is C26H20BrFN2O3. The quantitative estimate of drug-likeness (QED) is 0.377. The van der Waals surface area contributed by atoms with Gasteiger partial charge in [-0.15, -0.1) is 0 Å². The van der Waals surface area contributed by atoms with Gasteiger partial charge in [-0.2, -0.15) is 0 Å². The average Bonchev–Trinajstić information content (AvgIpc) is 2.76. The lowest BCUT2D eigenvalue weighted by atomic mass is 10.0. The molecule has 5 nitrogen and oxygen atoms in total. The molecule has 0 bridgehead atoms. The average molecular weight is 507 g/mol. The molecule has 1 aliphatic heterocycles. The van der Waals surface area contributed by atoms with Gasteiger partial charge in [0.25, 0.3) is 11.8 Å². The summed E-state index contributed by atoms with van der Waals surface area (Å²) in [6.07, 6.45) is 1.97. The van der Waals surface area contributed by atoms with E-state index in [0.717, 1.165) is 31.6 Å². The molecule has 1 saturated heterocycles. The van der Waals surface area contributed by atoms with Crippen LogP contribution in [0.3, 0.4) is 0 Å². The Kier molecular flexibility index (Phi) is 6.24. The maximum absolute atomic E-state index is 13.5. The number of benzene rings is 3. The van der Waals surface area contributed by atoms with Gasteiger partial charge in [-0.05, 0) is 78.4 Å². The lowest BCUT2D eigenvalue weighted by molar-refractivity contribution is -0.122. The summed E-state index contributed by atoms with van der Waals surface area (Å²) in [7, 11) is 0. The number of nitrogens with one attached hydrogen (secondary N) is 1.